The number of hydrogen-bond acceptors (Lipinski definition) is 3. The zero-order chi connectivity index (χ0) is 10.8. The van der Waals surface area contributed by atoms with Crippen LogP contribution in [-0.2, 0) is 4.74 Å². The highest BCUT2D eigenvalue weighted by Gasteiger charge is 2.12. The highest BCUT2D eigenvalue weighted by atomic mass is 16.6. The molecule has 0 heterocycles. The first-order chi connectivity index (χ1) is 6.76. The van der Waals surface area contributed by atoms with E-state index in [-0.39, 0.29) is 6.09 Å². The largest absolute Gasteiger partial charge is 0.450 e. The molecule has 0 radical (unpaired) electrons. The van der Waals surface area contributed by atoms with Crippen LogP contribution in [-0.4, -0.2) is 44.3 Å². The monoisotopic (exact) mass is 202 g/mol. The molecule has 0 saturated heterocycles. The molecular formula is C10H22N2O2. The van der Waals surface area contributed by atoms with E-state index < -0.39 is 0 Å². The summed E-state index contributed by atoms with van der Waals surface area (Å²) in [6.07, 6.45) is 1.93. The average Bonchev–Trinajstić information content (AvgIpc) is 2.18. The van der Waals surface area contributed by atoms with Gasteiger partial charge < -0.3 is 15.0 Å². The molecular weight excluding hydrogens is 180 g/mol. The van der Waals surface area contributed by atoms with Gasteiger partial charge in [0.2, 0.25) is 0 Å². The van der Waals surface area contributed by atoms with E-state index in [2.05, 4.69) is 12.2 Å². The average molecular weight is 202 g/mol. The minimum absolute atomic E-state index is 0.198. The standard InChI is InChI=1S/C10H22N2O2/c1-4-6-8-12(9-7-11-3)10(13)14-5-2/h11H,4-9H2,1-3H3. The fraction of sp³-hybridized carbons (Fsp3) is 0.900. The van der Waals surface area contributed by atoms with E-state index in [4.69, 9.17) is 4.74 Å². The first-order valence-corrected chi connectivity index (χ1v) is 5.32. The van der Waals surface area contributed by atoms with Gasteiger partial charge in [0.15, 0.2) is 0 Å². The van der Waals surface area contributed by atoms with Gasteiger partial charge in [-0.1, -0.05) is 13.3 Å². The molecule has 84 valence electrons. The molecule has 0 aromatic carbocycles. The Morgan fingerprint density at radius 3 is 2.57 bits per heavy atom. The maximum atomic E-state index is 11.4. The van der Waals surface area contributed by atoms with Crippen molar-refractivity contribution in [3.8, 4) is 0 Å². The Morgan fingerprint density at radius 2 is 2.07 bits per heavy atom. The number of amides is 1. The van der Waals surface area contributed by atoms with Crippen molar-refractivity contribution in [2.45, 2.75) is 26.7 Å². The first-order valence-electron chi connectivity index (χ1n) is 5.32. The second-order valence-electron chi connectivity index (χ2n) is 3.14. The normalized spacial score (nSPS) is 9.93. The van der Waals surface area contributed by atoms with Gasteiger partial charge in [-0.25, -0.2) is 4.79 Å². The van der Waals surface area contributed by atoms with Crippen molar-refractivity contribution >= 4 is 6.09 Å². The lowest BCUT2D eigenvalue weighted by atomic mass is 10.3. The molecule has 0 aliphatic rings. The lowest BCUT2D eigenvalue weighted by Gasteiger charge is -2.21. The zero-order valence-electron chi connectivity index (χ0n) is 9.51. The van der Waals surface area contributed by atoms with Crippen LogP contribution < -0.4 is 5.32 Å². The van der Waals surface area contributed by atoms with Crippen molar-refractivity contribution < 1.29 is 9.53 Å². The molecule has 0 aromatic rings. The van der Waals surface area contributed by atoms with Crippen LogP contribution in [0.1, 0.15) is 26.7 Å². The molecule has 0 aliphatic heterocycles. The predicted octanol–water partition coefficient (Wildman–Crippen LogP) is 1.46. The minimum Gasteiger partial charge on any atom is -0.450 e. The molecule has 1 amide bonds. The number of unbranched alkanes of at least 4 members (excludes halogenated alkanes) is 1. The van der Waals surface area contributed by atoms with Gasteiger partial charge in [0.25, 0.3) is 0 Å². The summed E-state index contributed by atoms with van der Waals surface area (Å²) in [6, 6.07) is 0. The summed E-state index contributed by atoms with van der Waals surface area (Å²) in [6.45, 7) is 6.70. The summed E-state index contributed by atoms with van der Waals surface area (Å²) in [5, 5.41) is 3.02. The summed E-state index contributed by atoms with van der Waals surface area (Å²) in [5.74, 6) is 0. The van der Waals surface area contributed by atoms with E-state index in [0.717, 1.165) is 32.5 Å². The summed E-state index contributed by atoms with van der Waals surface area (Å²) in [5.41, 5.74) is 0. The van der Waals surface area contributed by atoms with Crippen molar-refractivity contribution in [1.29, 1.82) is 0 Å². The van der Waals surface area contributed by atoms with Gasteiger partial charge in [-0.15, -0.1) is 0 Å². The van der Waals surface area contributed by atoms with Crippen LogP contribution in [0, 0.1) is 0 Å². The van der Waals surface area contributed by atoms with E-state index in [1.165, 1.54) is 0 Å². The summed E-state index contributed by atoms with van der Waals surface area (Å²) >= 11 is 0. The summed E-state index contributed by atoms with van der Waals surface area (Å²) in [4.78, 5) is 13.2. The van der Waals surface area contributed by atoms with E-state index in [9.17, 15) is 4.79 Å². The molecule has 14 heavy (non-hydrogen) atoms. The van der Waals surface area contributed by atoms with Crippen LogP contribution in [0.25, 0.3) is 0 Å². The van der Waals surface area contributed by atoms with Crippen LogP contribution in [0.3, 0.4) is 0 Å². The molecule has 0 aliphatic carbocycles. The molecule has 0 fully saturated rings. The quantitative estimate of drug-likeness (QED) is 0.679. The van der Waals surface area contributed by atoms with Crippen LogP contribution in [0.4, 0.5) is 4.79 Å². The second kappa shape index (κ2) is 8.81. The van der Waals surface area contributed by atoms with Crippen molar-refractivity contribution in [3.63, 3.8) is 0 Å². The molecule has 1 N–H and O–H groups in total. The fourth-order valence-corrected chi connectivity index (χ4v) is 1.10. The smallest absolute Gasteiger partial charge is 0.409 e. The number of ether oxygens (including phenoxy) is 1. The maximum absolute atomic E-state index is 11.4. The third-order valence-electron chi connectivity index (χ3n) is 1.94. The highest BCUT2D eigenvalue weighted by molar-refractivity contribution is 5.67. The van der Waals surface area contributed by atoms with Gasteiger partial charge in [0, 0.05) is 19.6 Å². The topological polar surface area (TPSA) is 41.6 Å². The Morgan fingerprint density at radius 1 is 1.36 bits per heavy atom. The lowest BCUT2D eigenvalue weighted by molar-refractivity contribution is 0.107. The summed E-state index contributed by atoms with van der Waals surface area (Å²) in [7, 11) is 1.88. The molecule has 4 heteroatoms. The molecule has 0 spiro atoms. The zero-order valence-corrected chi connectivity index (χ0v) is 9.51. The Bertz CT molecular complexity index is 143. The second-order valence-corrected chi connectivity index (χ2v) is 3.14. The molecule has 0 saturated carbocycles. The Balaban J connectivity index is 3.88. The number of likely N-dealkylation sites (N-methyl/N-ethyl adjacent to an activating group) is 1. The Kier molecular flexibility index (Phi) is 8.33. The minimum atomic E-state index is -0.198. The van der Waals surface area contributed by atoms with Gasteiger partial charge in [-0.2, -0.15) is 0 Å². The molecule has 0 bridgehead atoms. The maximum Gasteiger partial charge on any atom is 0.409 e. The SMILES string of the molecule is CCCCN(CCNC)C(=O)OCC. The van der Waals surface area contributed by atoms with E-state index in [0.29, 0.717) is 6.61 Å². The van der Waals surface area contributed by atoms with E-state index in [1.54, 1.807) is 4.90 Å². The van der Waals surface area contributed by atoms with Gasteiger partial charge in [-0.05, 0) is 20.4 Å². The highest BCUT2D eigenvalue weighted by Crippen LogP contribution is 1.98. The van der Waals surface area contributed by atoms with Crippen LogP contribution in [0.5, 0.6) is 0 Å². The van der Waals surface area contributed by atoms with Crippen molar-refractivity contribution in [2.24, 2.45) is 0 Å². The van der Waals surface area contributed by atoms with Crippen molar-refractivity contribution in [1.82, 2.24) is 10.2 Å². The fourth-order valence-electron chi connectivity index (χ4n) is 1.10. The van der Waals surface area contributed by atoms with Gasteiger partial charge in [-0.3, -0.25) is 0 Å². The first kappa shape index (κ1) is 13.2. The number of carbonyl (C=O) groups excluding carboxylic acids is 1. The third-order valence-corrected chi connectivity index (χ3v) is 1.94. The van der Waals surface area contributed by atoms with Crippen molar-refractivity contribution in [2.75, 3.05) is 33.3 Å². The van der Waals surface area contributed by atoms with Gasteiger partial charge in [0.1, 0.15) is 0 Å². The number of rotatable bonds is 7. The number of hydrogen-bond donors (Lipinski definition) is 1. The molecule has 0 rings (SSSR count). The van der Waals surface area contributed by atoms with Gasteiger partial charge >= 0.3 is 6.09 Å². The molecule has 0 aromatic heterocycles. The third kappa shape index (κ3) is 5.80. The Labute approximate surface area is 86.6 Å². The Hall–Kier alpha value is -0.770. The molecule has 0 unspecified atom stereocenters. The van der Waals surface area contributed by atoms with E-state index in [1.807, 2.05) is 14.0 Å². The number of nitrogens with zero attached hydrogens (tertiary/aromatic N) is 1. The lowest BCUT2D eigenvalue weighted by Crippen LogP contribution is -2.37. The number of carbonyl (C=O) groups is 1. The predicted molar refractivity (Wildman–Crippen MR) is 57.4 cm³/mol. The summed E-state index contributed by atoms with van der Waals surface area (Å²) < 4.78 is 4.96. The van der Waals surface area contributed by atoms with Crippen LogP contribution in [0.15, 0.2) is 0 Å². The van der Waals surface area contributed by atoms with E-state index >= 15 is 0 Å². The van der Waals surface area contributed by atoms with Crippen LogP contribution >= 0.6 is 0 Å². The molecule has 4 nitrogen and oxygen atoms in total. The number of nitrogens with one attached hydrogen (secondary N) is 1. The van der Waals surface area contributed by atoms with Gasteiger partial charge in [0.05, 0.1) is 6.61 Å². The molecule has 0 atom stereocenters. The van der Waals surface area contributed by atoms with Crippen LogP contribution in [0.2, 0.25) is 0 Å². The van der Waals surface area contributed by atoms with Crippen molar-refractivity contribution in [3.05, 3.63) is 0 Å².